The van der Waals surface area contributed by atoms with E-state index in [2.05, 4.69) is 6.08 Å². The van der Waals surface area contributed by atoms with E-state index >= 15 is 0 Å². The average Bonchev–Trinajstić information content (AvgIpc) is 2.94. The van der Waals surface area contributed by atoms with Gasteiger partial charge in [0.05, 0.1) is 18.3 Å². The number of carbonyl (C=O) groups is 1. The fourth-order valence-corrected chi connectivity index (χ4v) is 3.86. The van der Waals surface area contributed by atoms with Crippen molar-refractivity contribution in [2.45, 2.75) is 77.6 Å². The summed E-state index contributed by atoms with van der Waals surface area (Å²) in [7, 11) is 0. The molecule has 4 nitrogen and oxygen atoms in total. The second kappa shape index (κ2) is 13.5. The van der Waals surface area contributed by atoms with Gasteiger partial charge < -0.3 is 20.1 Å². The number of carbonyl (C=O) groups excluding carboxylic acids is 1. The molecule has 29 heavy (non-hydrogen) atoms. The van der Waals surface area contributed by atoms with Gasteiger partial charge in [0.1, 0.15) is 5.78 Å². The predicted octanol–water partition coefficient (Wildman–Crippen LogP) is 4.24. The Morgan fingerprint density at radius 1 is 1.17 bits per heavy atom. The second-order valence-electron chi connectivity index (χ2n) is 7.89. The van der Waals surface area contributed by atoms with Gasteiger partial charge in [0.15, 0.2) is 0 Å². The number of hydrogen-bond acceptors (Lipinski definition) is 4. The molecule has 162 valence electrons. The summed E-state index contributed by atoms with van der Waals surface area (Å²) in [6, 6.07) is 10.1. The van der Waals surface area contributed by atoms with Crippen LogP contribution in [0.1, 0.15) is 58.4 Å². The number of aliphatic hydroxyl groups excluding tert-OH is 3. The molecule has 0 aliphatic heterocycles. The van der Waals surface area contributed by atoms with Crippen LogP contribution < -0.4 is 0 Å². The summed E-state index contributed by atoms with van der Waals surface area (Å²) in [5.41, 5.74) is 1.19. The molecule has 0 bridgehead atoms. The molecule has 0 heterocycles. The van der Waals surface area contributed by atoms with E-state index in [0.29, 0.717) is 25.7 Å². The standard InChI is InChI=1S/C24H34O4.CH4/c1-18(25)9-5-2-3-8-12-21-22(24(28)17-23(21)27)16-15-20(26)14-13-19-10-6-4-7-11-19;/h3-4,6-8,10-11,15-16,20-24,26-28H,2,5,9,12-14,17H2,1H3;1H4/b8-3-,16-15+;/t20-,21+,22+,23-,24+;/m0./s1. The Labute approximate surface area is 176 Å². The van der Waals surface area contributed by atoms with Gasteiger partial charge in [-0.3, -0.25) is 0 Å². The highest BCUT2D eigenvalue weighted by Crippen LogP contribution is 2.36. The maximum atomic E-state index is 10.9. The maximum Gasteiger partial charge on any atom is 0.129 e. The fraction of sp³-hybridized carbons (Fsp3) is 0.560. The first-order chi connectivity index (χ1) is 13.5. The summed E-state index contributed by atoms with van der Waals surface area (Å²) in [6.45, 7) is 1.60. The van der Waals surface area contributed by atoms with Gasteiger partial charge >= 0.3 is 0 Å². The van der Waals surface area contributed by atoms with E-state index in [1.807, 2.05) is 42.5 Å². The molecule has 1 aromatic carbocycles. The minimum atomic E-state index is -0.580. The van der Waals surface area contributed by atoms with Crippen LogP contribution in [0.5, 0.6) is 0 Å². The van der Waals surface area contributed by atoms with Gasteiger partial charge in [0, 0.05) is 18.8 Å². The summed E-state index contributed by atoms with van der Waals surface area (Å²) in [5, 5.41) is 30.8. The third-order valence-corrected chi connectivity index (χ3v) is 5.52. The van der Waals surface area contributed by atoms with Crippen LogP contribution in [-0.2, 0) is 11.2 Å². The molecule has 1 aliphatic rings. The van der Waals surface area contributed by atoms with Crippen LogP contribution in [0.2, 0.25) is 0 Å². The number of Topliss-reactive ketones (excluding diaryl/α,β-unsaturated/α-hetero) is 1. The number of aliphatic hydroxyl groups is 3. The van der Waals surface area contributed by atoms with Crippen LogP contribution in [0.3, 0.4) is 0 Å². The third-order valence-electron chi connectivity index (χ3n) is 5.52. The Balaban J connectivity index is 0.00000420. The predicted molar refractivity (Wildman–Crippen MR) is 119 cm³/mol. The number of benzene rings is 1. The first-order valence-corrected chi connectivity index (χ1v) is 10.4. The number of aryl methyl sites for hydroxylation is 1. The van der Waals surface area contributed by atoms with E-state index in [4.69, 9.17) is 0 Å². The van der Waals surface area contributed by atoms with Crippen molar-refractivity contribution in [1.29, 1.82) is 0 Å². The van der Waals surface area contributed by atoms with E-state index in [1.54, 1.807) is 13.0 Å². The molecule has 5 atom stereocenters. The number of allylic oxidation sites excluding steroid dienone is 2. The summed E-state index contributed by atoms with van der Waals surface area (Å²) in [5.74, 6) is 0.0126. The Bertz CT molecular complexity index is 637. The molecular formula is C25H38O4. The highest BCUT2D eigenvalue weighted by atomic mass is 16.3. The molecule has 2 rings (SSSR count). The second-order valence-corrected chi connectivity index (χ2v) is 7.89. The topological polar surface area (TPSA) is 77.8 Å². The number of rotatable bonds is 11. The highest BCUT2D eigenvalue weighted by Gasteiger charge is 2.39. The van der Waals surface area contributed by atoms with Crippen LogP contribution in [0.4, 0.5) is 0 Å². The summed E-state index contributed by atoms with van der Waals surface area (Å²) >= 11 is 0. The summed E-state index contributed by atoms with van der Waals surface area (Å²) in [4.78, 5) is 10.9. The molecule has 1 saturated carbocycles. The molecule has 4 heteroatoms. The van der Waals surface area contributed by atoms with Gasteiger partial charge in [0.2, 0.25) is 0 Å². The van der Waals surface area contributed by atoms with Crippen molar-refractivity contribution in [3.8, 4) is 0 Å². The van der Waals surface area contributed by atoms with Gasteiger partial charge in [-0.15, -0.1) is 0 Å². The lowest BCUT2D eigenvalue weighted by molar-refractivity contribution is -0.117. The molecule has 0 aromatic heterocycles. The van der Waals surface area contributed by atoms with Crippen LogP contribution >= 0.6 is 0 Å². The van der Waals surface area contributed by atoms with Crippen molar-refractivity contribution in [2.24, 2.45) is 11.8 Å². The number of ketones is 1. The van der Waals surface area contributed by atoms with Crippen molar-refractivity contribution in [2.75, 3.05) is 0 Å². The Morgan fingerprint density at radius 3 is 2.59 bits per heavy atom. The molecule has 1 fully saturated rings. The first kappa shape index (κ1) is 25.3. The van der Waals surface area contributed by atoms with Crippen LogP contribution in [-0.4, -0.2) is 39.4 Å². The van der Waals surface area contributed by atoms with Crippen molar-refractivity contribution in [3.05, 3.63) is 60.2 Å². The quantitative estimate of drug-likeness (QED) is 0.382. The molecule has 0 saturated heterocycles. The van der Waals surface area contributed by atoms with Crippen molar-refractivity contribution in [1.82, 2.24) is 0 Å². The zero-order chi connectivity index (χ0) is 20.4. The number of hydrogen-bond donors (Lipinski definition) is 3. The molecular weight excluding hydrogens is 364 g/mol. The van der Waals surface area contributed by atoms with Gasteiger partial charge in [-0.25, -0.2) is 0 Å². The monoisotopic (exact) mass is 402 g/mol. The smallest absolute Gasteiger partial charge is 0.129 e. The van der Waals surface area contributed by atoms with Crippen LogP contribution in [0.25, 0.3) is 0 Å². The molecule has 0 spiro atoms. The summed E-state index contributed by atoms with van der Waals surface area (Å²) < 4.78 is 0. The Kier molecular flexibility index (Phi) is 11.7. The lowest BCUT2D eigenvalue weighted by atomic mass is 9.89. The van der Waals surface area contributed by atoms with Crippen LogP contribution in [0, 0.1) is 11.8 Å². The van der Waals surface area contributed by atoms with E-state index in [0.717, 1.165) is 19.3 Å². The largest absolute Gasteiger partial charge is 0.393 e. The SMILES string of the molecule is C.CC(=O)CCC/C=C\C[C@@H]1[C@@H](/C=C/[C@@H](O)CCc2ccccc2)[C@H](O)C[C@@H]1O. The van der Waals surface area contributed by atoms with Gasteiger partial charge in [0.25, 0.3) is 0 Å². The number of unbranched alkanes of at least 4 members (excludes halogenated alkanes) is 1. The lowest BCUT2D eigenvalue weighted by Crippen LogP contribution is -2.20. The maximum absolute atomic E-state index is 10.9. The highest BCUT2D eigenvalue weighted by molar-refractivity contribution is 5.75. The minimum absolute atomic E-state index is 0. The van der Waals surface area contributed by atoms with Crippen molar-refractivity contribution < 1.29 is 20.1 Å². The zero-order valence-electron chi connectivity index (χ0n) is 16.8. The average molecular weight is 403 g/mol. The van der Waals surface area contributed by atoms with Crippen LogP contribution in [0.15, 0.2) is 54.6 Å². The minimum Gasteiger partial charge on any atom is -0.393 e. The van der Waals surface area contributed by atoms with E-state index in [-0.39, 0.29) is 25.0 Å². The molecule has 0 radical (unpaired) electrons. The molecule has 1 aromatic rings. The summed E-state index contributed by atoms with van der Waals surface area (Å²) in [6.07, 6.45) is 10.8. The zero-order valence-corrected chi connectivity index (χ0v) is 16.8. The molecule has 1 aliphatic carbocycles. The fourth-order valence-electron chi connectivity index (χ4n) is 3.86. The normalized spacial score (nSPS) is 25.4. The Morgan fingerprint density at radius 2 is 1.90 bits per heavy atom. The van der Waals surface area contributed by atoms with Gasteiger partial charge in [-0.2, -0.15) is 0 Å². The lowest BCUT2D eigenvalue weighted by Gasteiger charge is -2.19. The van der Waals surface area contributed by atoms with Crippen molar-refractivity contribution >= 4 is 5.78 Å². The van der Waals surface area contributed by atoms with E-state index < -0.39 is 18.3 Å². The van der Waals surface area contributed by atoms with E-state index in [1.165, 1.54) is 5.56 Å². The Hall–Kier alpha value is -1.75. The van der Waals surface area contributed by atoms with Gasteiger partial charge in [-0.05, 0) is 50.5 Å². The third kappa shape index (κ3) is 9.07. The van der Waals surface area contributed by atoms with Crippen molar-refractivity contribution in [3.63, 3.8) is 0 Å². The van der Waals surface area contributed by atoms with Gasteiger partial charge in [-0.1, -0.05) is 62.1 Å². The first-order valence-electron chi connectivity index (χ1n) is 10.4. The molecule has 0 unspecified atom stereocenters. The molecule has 0 amide bonds. The van der Waals surface area contributed by atoms with E-state index in [9.17, 15) is 20.1 Å². The molecule has 3 N–H and O–H groups in total.